The van der Waals surface area contributed by atoms with E-state index >= 15 is 0 Å². The van der Waals surface area contributed by atoms with Crippen molar-refractivity contribution in [2.45, 2.75) is 49.7 Å². The number of aliphatic hydroxyl groups is 1. The predicted octanol–water partition coefficient (Wildman–Crippen LogP) is 3.66. The van der Waals surface area contributed by atoms with Crippen LogP contribution in [-0.4, -0.2) is 53.2 Å². The summed E-state index contributed by atoms with van der Waals surface area (Å²) in [6.07, 6.45) is 1.90. The first kappa shape index (κ1) is 23.1. The third kappa shape index (κ3) is 4.16. The van der Waals surface area contributed by atoms with E-state index in [-0.39, 0.29) is 29.2 Å². The molecule has 4 aliphatic rings. The summed E-state index contributed by atoms with van der Waals surface area (Å²) >= 11 is 5.67. The molecule has 180 valence electrons. The van der Waals surface area contributed by atoms with Crippen molar-refractivity contribution < 1.29 is 23.8 Å². The van der Waals surface area contributed by atoms with Gasteiger partial charge >= 0.3 is 0 Å². The van der Waals surface area contributed by atoms with E-state index in [9.17, 15) is 19.1 Å². The van der Waals surface area contributed by atoms with Gasteiger partial charge in [-0.3, -0.25) is 9.59 Å². The Morgan fingerprint density at radius 1 is 1.12 bits per heavy atom. The number of hydrogen-bond donors (Lipinski definition) is 2. The molecule has 0 radical (unpaired) electrons. The molecule has 2 aromatic carbocycles. The first-order valence-corrected chi connectivity index (χ1v) is 12.1. The van der Waals surface area contributed by atoms with Crippen LogP contribution in [0, 0.1) is 11.2 Å². The van der Waals surface area contributed by atoms with Gasteiger partial charge in [-0.1, -0.05) is 41.9 Å². The summed E-state index contributed by atoms with van der Waals surface area (Å²) in [4.78, 5) is 27.9. The number of benzene rings is 2. The molecule has 2 bridgehead atoms. The quantitative estimate of drug-likeness (QED) is 0.653. The van der Waals surface area contributed by atoms with Crippen LogP contribution in [0.5, 0.6) is 5.75 Å². The van der Waals surface area contributed by atoms with Gasteiger partial charge in [0.1, 0.15) is 11.6 Å². The lowest BCUT2D eigenvalue weighted by Crippen LogP contribution is -2.68. The monoisotopic (exact) mass is 486 g/mol. The van der Waals surface area contributed by atoms with Crippen LogP contribution < -0.4 is 10.1 Å². The van der Waals surface area contributed by atoms with Crippen LogP contribution in [0.3, 0.4) is 0 Å². The predicted molar refractivity (Wildman–Crippen MR) is 125 cm³/mol. The molecule has 2 N–H and O–H groups in total. The molecule has 3 saturated carbocycles. The van der Waals surface area contributed by atoms with E-state index in [1.165, 1.54) is 17.7 Å². The molecule has 3 aliphatic carbocycles. The molecule has 0 unspecified atom stereocenters. The van der Waals surface area contributed by atoms with Gasteiger partial charge in [-0.2, -0.15) is 0 Å². The number of halogens is 2. The van der Waals surface area contributed by atoms with Gasteiger partial charge < -0.3 is 20.1 Å². The smallest absolute Gasteiger partial charge is 0.258 e. The fourth-order valence-electron chi connectivity index (χ4n) is 5.73. The Morgan fingerprint density at radius 3 is 2.47 bits per heavy atom. The number of hydrogen-bond acceptors (Lipinski definition) is 4. The highest BCUT2D eigenvalue weighted by atomic mass is 35.5. The Labute approximate surface area is 203 Å². The highest BCUT2D eigenvalue weighted by Gasteiger charge is 2.59. The van der Waals surface area contributed by atoms with Crippen molar-refractivity contribution in [3.8, 4) is 5.75 Å². The van der Waals surface area contributed by atoms with Crippen LogP contribution in [0.15, 0.2) is 48.5 Å². The van der Waals surface area contributed by atoms with Crippen molar-refractivity contribution in [1.82, 2.24) is 10.2 Å². The Balaban J connectivity index is 1.16. The van der Waals surface area contributed by atoms with E-state index in [1.807, 2.05) is 23.1 Å². The highest BCUT2D eigenvalue weighted by Crippen LogP contribution is 2.54. The maximum atomic E-state index is 13.6. The van der Waals surface area contributed by atoms with Crippen LogP contribution >= 0.6 is 11.6 Å². The lowest BCUT2D eigenvalue weighted by atomic mass is 9.55. The number of fused-ring (bicyclic) bond motifs is 3. The normalized spacial score (nSPS) is 28.3. The molecule has 8 heteroatoms. The highest BCUT2D eigenvalue weighted by molar-refractivity contribution is 6.30. The lowest BCUT2D eigenvalue weighted by Gasteiger charge is -2.57. The van der Waals surface area contributed by atoms with Crippen LogP contribution in [0.1, 0.15) is 43.6 Å². The van der Waals surface area contributed by atoms with Crippen molar-refractivity contribution in [2.24, 2.45) is 5.41 Å². The van der Waals surface area contributed by atoms with Gasteiger partial charge in [0.15, 0.2) is 6.61 Å². The average molecular weight is 487 g/mol. The third-order valence-corrected chi connectivity index (χ3v) is 8.17. The molecule has 1 atom stereocenters. The van der Waals surface area contributed by atoms with Crippen LogP contribution in [0.2, 0.25) is 5.02 Å². The summed E-state index contributed by atoms with van der Waals surface area (Å²) in [5.41, 5.74) is -0.0539. The van der Waals surface area contributed by atoms with Gasteiger partial charge in [0.25, 0.3) is 5.91 Å². The van der Waals surface area contributed by atoms with Crippen LogP contribution in [-0.2, 0) is 9.59 Å². The fraction of sp³-hybridized carbons (Fsp3) is 0.462. The molecule has 0 aromatic heterocycles. The molecule has 6 rings (SSSR count). The molecular weight excluding hydrogens is 459 g/mol. The van der Waals surface area contributed by atoms with E-state index in [0.29, 0.717) is 51.1 Å². The standard InChI is InChI=1S/C26H28ClFN2O4/c27-20-7-6-19(12-21(20)28)34-16-23(32)29-26-10-8-25(9-11-26,13-22(26)31)24(33)30-14-18(15-30)17-4-2-1-3-5-17/h1-7,12,18,22,31H,8-11,13-16H2,(H,29,32)/t22-,25?,26?/m0/s1. The van der Waals surface area contributed by atoms with Crippen molar-refractivity contribution >= 4 is 23.4 Å². The lowest BCUT2D eigenvalue weighted by molar-refractivity contribution is -0.164. The summed E-state index contributed by atoms with van der Waals surface area (Å²) in [5, 5.41) is 13.9. The SMILES string of the molecule is O=C(COc1ccc(Cl)c(F)c1)NC12CCC(C(=O)N3CC(c4ccccc4)C3)(CC1)C[C@@H]2O. The van der Waals surface area contributed by atoms with Gasteiger partial charge in [0.05, 0.1) is 22.1 Å². The number of carbonyl (C=O) groups is 2. The minimum Gasteiger partial charge on any atom is -0.484 e. The first-order chi connectivity index (χ1) is 16.3. The number of rotatable bonds is 6. The van der Waals surface area contributed by atoms with Crippen LogP contribution in [0.4, 0.5) is 4.39 Å². The number of aliphatic hydroxyl groups excluding tert-OH is 1. The zero-order chi connectivity index (χ0) is 23.9. The zero-order valence-electron chi connectivity index (χ0n) is 18.8. The molecule has 4 fully saturated rings. The second-order valence-electron chi connectivity index (χ2n) is 9.89. The van der Waals surface area contributed by atoms with E-state index in [1.54, 1.807) is 0 Å². The summed E-state index contributed by atoms with van der Waals surface area (Å²) < 4.78 is 19.0. The summed E-state index contributed by atoms with van der Waals surface area (Å²) in [6, 6.07) is 14.2. The topological polar surface area (TPSA) is 78.9 Å². The molecular formula is C26H28ClFN2O4. The van der Waals surface area contributed by atoms with Gasteiger partial charge in [0.2, 0.25) is 5.91 Å². The minimum absolute atomic E-state index is 0.0185. The Bertz CT molecular complexity index is 1080. The van der Waals surface area contributed by atoms with Crippen LogP contribution in [0.25, 0.3) is 0 Å². The van der Waals surface area contributed by atoms with E-state index < -0.39 is 22.9 Å². The first-order valence-electron chi connectivity index (χ1n) is 11.7. The van der Waals surface area contributed by atoms with Gasteiger partial charge in [-0.25, -0.2) is 4.39 Å². The molecule has 2 amide bonds. The van der Waals surface area contributed by atoms with Crippen molar-refractivity contribution in [3.05, 3.63) is 64.9 Å². The third-order valence-electron chi connectivity index (χ3n) is 7.86. The van der Waals surface area contributed by atoms with Gasteiger partial charge in [0, 0.05) is 25.1 Å². The van der Waals surface area contributed by atoms with E-state index in [2.05, 4.69) is 17.4 Å². The Kier molecular flexibility index (Phi) is 6.02. The number of carbonyl (C=O) groups excluding carboxylic acids is 2. The van der Waals surface area contributed by atoms with Gasteiger partial charge in [-0.05, 0) is 49.8 Å². The second-order valence-corrected chi connectivity index (χ2v) is 10.3. The largest absolute Gasteiger partial charge is 0.484 e. The summed E-state index contributed by atoms with van der Waals surface area (Å²) in [7, 11) is 0. The molecule has 1 heterocycles. The molecule has 0 spiro atoms. The number of amides is 2. The molecule has 2 aromatic rings. The summed E-state index contributed by atoms with van der Waals surface area (Å²) in [6.45, 7) is 1.13. The van der Waals surface area contributed by atoms with Crippen molar-refractivity contribution in [3.63, 3.8) is 0 Å². The maximum Gasteiger partial charge on any atom is 0.258 e. The summed E-state index contributed by atoms with van der Waals surface area (Å²) in [5.74, 6) is -0.303. The molecule has 1 saturated heterocycles. The Hall–Kier alpha value is -2.64. The number of nitrogens with zero attached hydrogens (tertiary/aromatic N) is 1. The average Bonchev–Trinajstić information content (AvgIpc) is 2.81. The van der Waals surface area contributed by atoms with E-state index in [0.717, 1.165) is 6.07 Å². The second kappa shape index (κ2) is 8.86. The number of ether oxygens (including phenoxy) is 1. The maximum absolute atomic E-state index is 13.6. The van der Waals surface area contributed by atoms with Crippen molar-refractivity contribution in [2.75, 3.05) is 19.7 Å². The fourth-order valence-corrected chi connectivity index (χ4v) is 5.85. The zero-order valence-corrected chi connectivity index (χ0v) is 19.6. The Morgan fingerprint density at radius 2 is 1.82 bits per heavy atom. The van der Waals surface area contributed by atoms with Crippen molar-refractivity contribution in [1.29, 1.82) is 0 Å². The number of likely N-dealkylation sites (tertiary alicyclic amines) is 1. The minimum atomic E-state index is -0.804. The van der Waals surface area contributed by atoms with E-state index in [4.69, 9.17) is 16.3 Å². The number of nitrogens with one attached hydrogen (secondary N) is 1. The molecule has 34 heavy (non-hydrogen) atoms. The molecule has 1 aliphatic heterocycles. The molecule has 6 nitrogen and oxygen atoms in total. The van der Waals surface area contributed by atoms with Gasteiger partial charge in [-0.15, -0.1) is 0 Å².